The van der Waals surface area contributed by atoms with E-state index in [0.29, 0.717) is 18.9 Å². The van der Waals surface area contributed by atoms with E-state index in [4.69, 9.17) is 0 Å². The molecule has 0 saturated carbocycles. The fourth-order valence-electron chi connectivity index (χ4n) is 2.74. The maximum absolute atomic E-state index is 11.2. The van der Waals surface area contributed by atoms with Crippen LogP contribution in [-0.4, -0.2) is 37.3 Å². The Morgan fingerprint density at radius 1 is 1.13 bits per heavy atom. The first-order valence-electron chi connectivity index (χ1n) is 9.89. The molecule has 30 heavy (non-hydrogen) atoms. The summed E-state index contributed by atoms with van der Waals surface area (Å²) in [5.74, 6) is -0.262. The number of aryl methyl sites for hydroxylation is 1. The van der Waals surface area contributed by atoms with Crippen LogP contribution < -0.4 is 5.32 Å². The lowest BCUT2D eigenvalue weighted by Gasteiger charge is -2.15. The molecule has 0 spiro atoms. The summed E-state index contributed by atoms with van der Waals surface area (Å²) in [7, 11) is 0. The van der Waals surface area contributed by atoms with Gasteiger partial charge in [0.1, 0.15) is 4.75 Å². The van der Waals surface area contributed by atoms with E-state index in [1.54, 1.807) is 13.8 Å². The molecule has 158 valence electrons. The van der Waals surface area contributed by atoms with Gasteiger partial charge in [0.2, 0.25) is 5.95 Å². The van der Waals surface area contributed by atoms with E-state index in [0.717, 1.165) is 34.0 Å². The number of carbonyl (C=O) groups is 1. The van der Waals surface area contributed by atoms with Crippen molar-refractivity contribution in [2.45, 2.75) is 49.1 Å². The number of anilines is 1. The van der Waals surface area contributed by atoms with E-state index in [-0.39, 0.29) is 0 Å². The van der Waals surface area contributed by atoms with E-state index in [1.165, 1.54) is 28.7 Å². The monoisotopic (exact) mass is 442 g/mol. The zero-order valence-electron chi connectivity index (χ0n) is 17.4. The van der Waals surface area contributed by atoms with Crippen LogP contribution in [-0.2, 0) is 17.6 Å². The molecule has 3 aromatic rings. The summed E-state index contributed by atoms with van der Waals surface area (Å²) in [5, 5.41) is 14.4. The molecule has 0 radical (unpaired) electrons. The number of carboxylic acid groups (broad SMARTS) is 1. The van der Waals surface area contributed by atoms with Crippen LogP contribution in [0.1, 0.15) is 38.4 Å². The number of nitrogens with one attached hydrogen (secondary N) is 1. The third-order valence-corrected chi connectivity index (χ3v) is 6.70. The van der Waals surface area contributed by atoms with Crippen molar-refractivity contribution in [1.82, 2.24) is 15.0 Å². The van der Waals surface area contributed by atoms with Crippen molar-refractivity contribution < 1.29 is 9.90 Å². The number of nitrogens with zero attached hydrogens (tertiary/aromatic N) is 3. The van der Waals surface area contributed by atoms with E-state index in [1.807, 2.05) is 17.8 Å². The first kappa shape index (κ1) is 22.2. The molecule has 2 aromatic heterocycles. The second-order valence-corrected chi connectivity index (χ2v) is 10.2. The number of thioether (sulfide) groups is 1. The molecule has 0 fully saturated rings. The number of aromatic nitrogens is 3. The van der Waals surface area contributed by atoms with E-state index < -0.39 is 10.7 Å². The van der Waals surface area contributed by atoms with Crippen LogP contribution in [0.25, 0.3) is 11.1 Å². The lowest BCUT2D eigenvalue weighted by Crippen LogP contribution is -2.26. The summed E-state index contributed by atoms with van der Waals surface area (Å²) >= 11 is 2.74. The van der Waals surface area contributed by atoms with E-state index >= 15 is 0 Å². The van der Waals surface area contributed by atoms with Crippen LogP contribution in [0.2, 0.25) is 0 Å². The minimum Gasteiger partial charge on any atom is -0.480 e. The Morgan fingerprint density at radius 2 is 1.83 bits per heavy atom. The number of benzene rings is 1. The highest BCUT2D eigenvalue weighted by molar-refractivity contribution is 8.02. The first-order chi connectivity index (χ1) is 14.4. The summed E-state index contributed by atoms with van der Waals surface area (Å²) in [6.45, 7) is 6.20. The van der Waals surface area contributed by atoms with Crippen molar-refractivity contribution in [2.24, 2.45) is 0 Å². The van der Waals surface area contributed by atoms with Crippen LogP contribution in [0, 0.1) is 0 Å². The highest BCUT2D eigenvalue weighted by Crippen LogP contribution is 2.34. The quantitative estimate of drug-likeness (QED) is 0.419. The highest BCUT2D eigenvalue weighted by atomic mass is 32.2. The smallest absolute Gasteiger partial charge is 0.319 e. The summed E-state index contributed by atoms with van der Waals surface area (Å²) in [5.41, 5.74) is 4.37. The SMILES string of the molecule is CCCc1ccc(-c2cnc(NCCc3csc(SC(C)(C)C(=O)O)n3)nc2)cc1. The van der Waals surface area contributed by atoms with Crippen molar-refractivity contribution in [2.75, 3.05) is 11.9 Å². The molecule has 0 aliphatic heterocycles. The molecule has 3 rings (SSSR count). The third-order valence-electron chi connectivity index (χ3n) is 4.53. The Kier molecular flexibility index (Phi) is 7.44. The molecule has 0 aliphatic carbocycles. The van der Waals surface area contributed by atoms with E-state index in [2.05, 4.69) is 51.5 Å². The second kappa shape index (κ2) is 10.0. The van der Waals surface area contributed by atoms with Crippen LogP contribution in [0.3, 0.4) is 0 Å². The van der Waals surface area contributed by atoms with Gasteiger partial charge in [-0.2, -0.15) is 0 Å². The Hall–Kier alpha value is -2.45. The number of aliphatic carboxylic acids is 1. The fraction of sp³-hybridized carbons (Fsp3) is 0.364. The van der Waals surface area contributed by atoms with Gasteiger partial charge in [0.25, 0.3) is 0 Å². The van der Waals surface area contributed by atoms with E-state index in [9.17, 15) is 9.90 Å². The maximum atomic E-state index is 11.2. The highest BCUT2D eigenvalue weighted by Gasteiger charge is 2.29. The first-order valence-corrected chi connectivity index (χ1v) is 11.6. The van der Waals surface area contributed by atoms with Crippen LogP contribution in [0.15, 0.2) is 46.4 Å². The number of thiazole rings is 1. The predicted molar refractivity (Wildman–Crippen MR) is 123 cm³/mol. The van der Waals surface area contributed by atoms with Gasteiger partial charge in [-0.05, 0) is 31.4 Å². The van der Waals surface area contributed by atoms with Gasteiger partial charge in [-0.25, -0.2) is 15.0 Å². The summed E-state index contributed by atoms with van der Waals surface area (Å²) in [4.78, 5) is 24.6. The lowest BCUT2D eigenvalue weighted by molar-refractivity contribution is -0.138. The Bertz CT molecular complexity index is 970. The van der Waals surface area contributed by atoms with Gasteiger partial charge in [0, 0.05) is 36.3 Å². The van der Waals surface area contributed by atoms with Crippen LogP contribution in [0.5, 0.6) is 0 Å². The van der Waals surface area contributed by atoms with Crippen LogP contribution in [0.4, 0.5) is 5.95 Å². The largest absolute Gasteiger partial charge is 0.480 e. The van der Waals surface area contributed by atoms with Crippen molar-refractivity contribution in [3.8, 4) is 11.1 Å². The van der Waals surface area contributed by atoms with Gasteiger partial charge in [0.15, 0.2) is 4.34 Å². The molecule has 0 atom stereocenters. The molecule has 0 bridgehead atoms. The molecule has 0 amide bonds. The standard InChI is InChI=1S/C22H26N4O2S2/c1-4-5-15-6-8-16(9-7-15)17-12-24-20(25-13-17)23-11-10-18-14-29-21(26-18)30-22(2,3)19(27)28/h6-9,12-14H,4-5,10-11H2,1-3H3,(H,27,28)(H,23,24,25). The predicted octanol–water partition coefficient (Wildman–Crippen LogP) is 5.16. The lowest BCUT2D eigenvalue weighted by atomic mass is 10.0. The Morgan fingerprint density at radius 3 is 2.47 bits per heavy atom. The second-order valence-electron chi connectivity index (χ2n) is 7.44. The number of hydrogen-bond acceptors (Lipinski definition) is 7. The van der Waals surface area contributed by atoms with Gasteiger partial charge in [0.05, 0.1) is 5.69 Å². The normalized spacial score (nSPS) is 11.4. The minimum atomic E-state index is -0.890. The van der Waals surface area contributed by atoms with Crippen molar-refractivity contribution >= 4 is 35.0 Å². The molecule has 0 unspecified atom stereocenters. The Labute approximate surface area is 185 Å². The summed E-state index contributed by atoms with van der Waals surface area (Å²) in [6.07, 6.45) is 6.61. The number of hydrogen-bond donors (Lipinski definition) is 2. The minimum absolute atomic E-state index is 0.582. The van der Waals surface area contributed by atoms with Gasteiger partial charge < -0.3 is 10.4 Å². The molecule has 0 saturated heterocycles. The van der Waals surface area contributed by atoms with Crippen molar-refractivity contribution in [3.63, 3.8) is 0 Å². The van der Waals surface area contributed by atoms with Crippen LogP contribution >= 0.6 is 23.1 Å². The number of carboxylic acids is 1. The van der Waals surface area contributed by atoms with Gasteiger partial charge in [-0.3, -0.25) is 4.79 Å². The molecular formula is C22H26N4O2S2. The summed E-state index contributed by atoms with van der Waals surface area (Å²) in [6, 6.07) is 8.53. The molecular weight excluding hydrogens is 416 g/mol. The zero-order valence-corrected chi connectivity index (χ0v) is 19.0. The fourth-order valence-corrected chi connectivity index (χ4v) is 4.96. The topological polar surface area (TPSA) is 88.0 Å². The van der Waals surface area contributed by atoms with Gasteiger partial charge in [-0.1, -0.05) is 49.4 Å². The molecule has 8 heteroatoms. The summed E-state index contributed by atoms with van der Waals surface area (Å²) < 4.78 is -0.123. The average Bonchev–Trinajstić information content (AvgIpc) is 3.16. The molecule has 1 aromatic carbocycles. The average molecular weight is 443 g/mol. The van der Waals surface area contributed by atoms with Gasteiger partial charge in [-0.15, -0.1) is 11.3 Å². The third kappa shape index (κ3) is 6.03. The van der Waals surface area contributed by atoms with Crippen molar-refractivity contribution in [1.29, 1.82) is 0 Å². The zero-order chi connectivity index (χ0) is 21.6. The number of rotatable bonds is 10. The maximum Gasteiger partial charge on any atom is 0.319 e. The molecule has 2 N–H and O–H groups in total. The molecule has 6 nitrogen and oxygen atoms in total. The molecule has 2 heterocycles. The van der Waals surface area contributed by atoms with Crippen molar-refractivity contribution in [3.05, 3.63) is 53.3 Å². The molecule has 0 aliphatic rings. The Balaban J connectivity index is 1.50. The van der Waals surface area contributed by atoms with Gasteiger partial charge >= 0.3 is 5.97 Å².